The van der Waals surface area contributed by atoms with Crippen LogP contribution in [0.15, 0.2) is 68.4 Å². The minimum absolute atomic E-state index is 0.0581. The quantitative estimate of drug-likeness (QED) is 0.196. The van der Waals surface area contributed by atoms with Gasteiger partial charge in [0.15, 0.2) is 4.32 Å². The van der Waals surface area contributed by atoms with Gasteiger partial charge in [-0.2, -0.15) is 13.2 Å². The highest BCUT2D eigenvalue weighted by Gasteiger charge is 2.36. The van der Waals surface area contributed by atoms with E-state index in [0.717, 1.165) is 34.4 Å². The Balaban J connectivity index is 1.56. The minimum Gasteiger partial charge on any atom is -0.486 e. The third kappa shape index (κ3) is 6.11. The first-order chi connectivity index (χ1) is 16.9. The Morgan fingerprint density at radius 1 is 1.06 bits per heavy atom. The van der Waals surface area contributed by atoms with Gasteiger partial charge in [-0.05, 0) is 86.0 Å². The predicted octanol–water partition coefficient (Wildman–Crippen LogP) is 9.52. The van der Waals surface area contributed by atoms with Crippen LogP contribution in [0.2, 0.25) is 10.0 Å². The summed E-state index contributed by atoms with van der Waals surface area (Å²) in [4.78, 5) is 14.4. The van der Waals surface area contributed by atoms with E-state index in [1.54, 1.807) is 36.4 Å². The number of thiocarbonyl (C=S) groups is 1. The van der Waals surface area contributed by atoms with Crippen molar-refractivity contribution in [2.45, 2.75) is 12.8 Å². The molecule has 0 aliphatic carbocycles. The Kier molecular flexibility index (Phi) is 8.43. The van der Waals surface area contributed by atoms with Gasteiger partial charge in [-0.25, -0.2) is 0 Å². The Morgan fingerprint density at radius 3 is 2.39 bits per heavy atom. The molecule has 186 valence electrons. The highest BCUT2D eigenvalue weighted by Crippen LogP contribution is 2.40. The molecular formula is C24H12Br2Cl2F3NO2S2. The van der Waals surface area contributed by atoms with E-state index in [9.17, 15) is 18.0 Å². The molecule has 3 aromatic carbocycles. The number of amides is 1. The third-order valence-corrected chi connectivity index (χ3v) is 8.00. The lowest BCUT2D eigenvalue weighted by Crippen LogP contribution is -2.27. The summed E-state index contributed by atoms with van der Waals surface area (Å²) in [6.45, 7) is 0.197. The van der Waals surface area contributed by atoms with E-state index in [2.05, 4.69) is 31.9 Å². The number of anilines is 1. The van der Waals surface area contributed by atoms with Gasteiger partial charge in [-0.1, -0.05) is 59.3 Å². The van der Waals surface area contributed by atoms with Crippen LogP contribution in [0, 0.1) is 0 Å². The van der Waals surface area contributed by atoms with Gasteiger partial charge in [0.2, 0.25) is 0 Å². The van der Waals surface area contributed by atoms with Crippen molar-refractivity contribution in [1.82, 2.24) is 0 Å². The molecule has 0 unspecified atom stereocenters. The molecule has 0 N–H and O–H groups in total. The second-order valence-corrected chi connectivity index (χ2v) is 11.6. The first kappa shape index (κ1) is 27.5. The summed E-state index contributed by atoms with van der Waals surface area (Å²) in [6, 6.07) is 13.1. The largest absolute Gasteiger partial charge is 0.486 e. The summed E-state index contributed by atoms with van der Waals surface area (Å²) < 4.78 is 46.7. The lowest BCUT2D eigenvalue weighted by molar-refractivity contribution is -0.137. The molecule has 0 saturated carbocycles. The Morgan fingerprint density at radius 2 is 1.75 bits per heavy atom. The molecule has 0 radical (unpaired) electrons. The molecular weight excluding hydrogens is 686 g/mol. The maximum atomic E-state index is 13.1. The van der Waals surface area contributed by atoms with E-state index in [1.165, 1.54) is 12.1 Å². The number of benzene rings is 3. The standard InChI is InChI=1S/C24H12Br2Cl2F3NO2S2/c25-17-6-12(7-18(26)21(17)34-11-13-4-5-15(27)10-19(13)28)8-20-22(33)32(23(35)36-20)16-3-1-2-14(9-16)24(29,30)31/h1-10H,11H2/b20-8-. The number of carbonyl (C=O) groups is 1. The highest BCUT2D eigenvalue weighted by molar-refractivity contribution is 9.11. The second-order valence-electron chi connectivity index (χ2n) is 7.40. The maximum absolute atomic E-state index is 13.1. The SMILES string of the molecule is O=C1/C(=C/c2cc(Br)c(OCc3ccc(Cl)cc3Cl)c(Br)c2)SC(=S)N1c1cccc(C(F)(F)F)c1. The summed E-state index contributed by atoms with van der Waals surface area (Å²) in [5, 5.41) is 1.00. The summed E-state index contributed by atoms with van der Waals surface area (Å²) in [5.74, 6) is 0.0176. The van der Waals surface area contributed by atoms with E-state index >= 15 is 0 Å². The van der Waals surface area contributed by atoms with Gasteiger partial charge in [0.1, 0.15) is 12.4 Å². The van der Waals surface area contributed by atoms with E-state index < -0.39 is 17.6 Å². The number of hydrogen-bond acceptors (Lipinski definition) is 4. The zero-order valence-electron chi connectivity index (χ0n) is 17.7. The molecule has 3 aromatic rings. The molecule has 1 heterocycles. The third-order valence-electron chi connectivity index (χ3n) is 4.93. The molecule has 1 aliphatic heterocycles. The molecule has 0 aromatic heterocycles. The van der Waals surface area contributed by atoms with Gasteiger partial charge in [0, 0.05) is 15.6 Å². The molecule has 12 heteroatoms. The number of rotatable bonds is 5. The molecule has 4 rings (SSSR count). The number of halogens is 7. The lowest BCUT2D eigenvalue weighted by Gasteiger charge is -2.16. The molecule has 0 spiro atoms. The first-order valence-electron chi connectivity index (χ1n) is 9.95. The summed E-state index contributed by atoms with van der Waals surface area (Å²) >= 11 is 25.4. The van der Waals surface area contributed by atoms with Crippen molar-refractivity contribution in [1.29, 1.82) is 0 Å². The van der Waals surface area contributed by atoms with Gasteiger partial charge in [-0.15, -0.1) is 0 Å². The van der Waals surface area contributed by atoms with Crippen LogP contribution >= 0.6 is 79.0 Å². The average Bonchev–Trinajstić information content (AvgIpc) is 3.06. The smallest absolute Gasteiger partial charge is 0.416 e. The van der Waals surface area contributed by atoms with Crippen molar-refractivity contribution in [3.8, 4) is 5.75 Å². The van der Waals surface area contributed by atoms with Crippen molar-refractivity contribution >= 4 is 101 Å². The van der Waals surface area contributed by atoms with E-state index in [-0.39, 0.29) is 21.5 Å². The Labute approximate surface area is 240 Å². The van der Waals surface area contributed by atoms with Crippen molar-refractivity contribution < 1.29 is 22.7 Å². The van der Waals surface area contributed by atoms with E-state index in [1.807, 2.05) is 0 Å². The van der Waals surface area contributed by atoms with Crippen LogP contribution in [-0.4, -0.2) is 10.2 Å². The van der Waals surface area contributed by atoms with E-state index in [4.69, 9.17) is 40.2 Å². The monoisotopic (exact) mass is 695 g/mol. The fourth-order valence-electron chi connectivity index (χ4n) is 3.25. The molecule has 36 heavy (non-hydrogen) atoms. The minimum atomic E-state index is -4.53. The van der Waals surface area contributed by atoms with Gasteiger partial charge >= 0.3 is 6.18 Å². The molecule has 1 amide bonds. The number of ether oxygens (including phenoxy) is 1. The van der Waals surface area contributed by atoms with Gasteiger partial charge in [0.25, 0.3) is 5.91 Å². The molecule has 1 aliphatic rings. The molecule has 1 saturated heterocycles. The Hall–Kier alpha value is -1.56. The Bertz CT molecular complexity index is 1390. The lowest BCUT2D eigenvalue weighted by atomic mass is 10.1. The first-order valence-corrected chi connectivity index (χ1v) is 13.5. The normalized spacial score (nSPS) is 15.2. The van der Waals surface area contributed by atoms with Crippen LogP contribution in [-0.2, 0) is 17.6 Å². The number of thioether (sulfide) groups is 1. The van der Waals surface area contributed by atoms with Crippen LogP contribution in [0.1, 0.15) is 16.7 Å². The number of hydrogen-bond donors (Lipinski definition) is 0. The molecule has 0 atom stereocenters. The zero-order valence-corrected chi connectivity index (χ0v) is 24.0. The predicted molar refractivity (Wildman–Crippen MR) is 150 cm³/mol. The van der Waals surface area contributed by atoms with Crippen LogP contribution in [0.4, 0.5) is 18.9 Å². The van der Waals surface area contributed by atoms with Gasteiger partial charge in [-0.3, -0.25) is 9.69 Å². The number of nitrogens with zero attached hydrogens (tertiary/aromatic N) is 1. The second kappa shape index (κ2) is 11.0. The van der Waals surface area contributed by atoms with Crippen molar-refractivity contribution in [2.24, 2.45) is 0 Å². The van der Waals surface area contributed by atoms with Crippen LogP contribution < -0.4 is 9.64 Å². The van der Waals surface area contributed by atoms with Crippen LogP contribution in [0.5, 0.6) is 5.75 Å². The molecule has 1 fully saturated rings. The van der Waals surface area contributed by atoms with Crippen molar-refractivity contribution in [3.05, 3.63) is 95.2 Å². The summed E-state index contributed by atoms with van der Waals surface area (Å²) in [6.07, 6.45) is -2.92. The number of alkyl halides is 3. The maximum Gasteiger partial charge on any atom is 0.416 e. The van der Waals surface area contributed by atoms with Crippen molar-refractivity contribution in [3.63, 3.8) is 0 Å². The average molecular weight is 698 g/mol. The highest BCUT2D eigenvalue weighted by atomic mass is 79.9. The fourth-order valence-corrected chi connectivity index (χ4v) is 6.47. The zero-order chi connectivity index (χ0) is 26.2. The van der Waals surface area contributed by atoms with E-state index in [0.29, 0.717) is 30.3 Å². The van der Waals surface area contributed by atoms with Gasteiger partial charge < -0.3 is 4.74 Å². The van der Waals surface area contributed by atoms with Crippen molar-refractivity contribution in [2.75, 3.05) is 4.90 Å². The summed E-state index contributed by atoms with van der Waals surface area (Å²) in [7, 11) is 0. The fraction of sp³-hybridized carbons (Fsp3) is 0.0833. The van der Waals surface area contributed by atoms with Crippen LogP contribution in [0.3, 0.4) is 0 Å². The molecule has 0 bridgehead atoms. The van der Waals surface area contributed by atoms with Gasteiger partial charge in [0.05, 0.1) is 25.1 Å². The number of carbonyl (C=O) groups excluding carboxylic acids is 1. The topological polar surface area (TPSA) is 29.5 Å². The van der Waals surface area contributed by atoms with Crippen LogP contribution in [0.25, 0.3) is 6.08 Å². The summed E-state index contributed by atoms with van der Waals surface area (Å²) in [5.41, 5.74) is 0.599. The molecule has 3 nitrogen and oxygen atoms in total.